The van der Waals surface area contributed by atoms with Gasteiger partial charge in [0.05, 0.1) is 28.8 Å². The van der Waals surface area contributed by atoms with Gasteiger partial charge in [-0.25, -0.2) is 9.59 Å². The normalized spacial score (nSPS) is 20.6. The van der Waals surface area contributed by atoms with Crippen LogP contribution in [0.15, 0.2) is 59.8 Å². The molecule has 3 amide bonds. The summed E-state index contributed by atoms with van der Waals surface area (Å²) >= 11 is 6.27. The molecule has 2 aromatic carbocycles. The predicted molar refractivity (Wildman–Crippen MR) is 142 cm³/mol. The fourth-order valence-corrected chi connectivity index (χ4v) is 5.10. The van der Waals surface area contributed by atoms with Crippen LogP contribution in [0.3, 0.4) is 0 Å². The summed E-state index contributed by atoms with van der Waals surface area (Å²) in [7, 11) is 1.66. The second-order valence-corrected chi connectivity index (χ2v) is 9.90. The van der Waals surface area contributed by atoms with Crippen LogP contribution >= 0.6 is 11.6 Å². The zero-order valence-electron chi connectivity index (χ0n) is 21.7. The molecule has 0 radical (unpaired) electrons. The van der Waals surface area contributed by atoms with Crippen LogP contribution < -0.4 is 5.32 Å². The van der Waals surface area contributed by atoms with E-state index in [1.54, 1.807) is 38.2 Å². The third kappa shape index (κ3) is 5.65. The largest absolute Gasteiger partial charge is 0.463 e. The number of rotatable bonds is 6. The highest BCUT2D eigenvalue weighted by atomic mass is 35.5. The van der Waals surface area contributed by atoms with Crippen LogP contribution in [0.25, 0.3) is 0 Å². The van der Waals surface area contributed by atoms with Crippen LogP contribution in [0, 0.1) is 6.92 Å². The molecule has 0 aliphatic carbocycles. The Morgan fingerprint density at radius 3 is 2.46 bits per heavy atom. The number of benzene rings is 2. The molecule has 2 aliphatic heterocycles. The van der Waals surface area contributed by atoms with E-state index in [9.17, 15) is 14.4 Å². The number of halogens is 1. The lowest BCUT2D eigenvalue weighted by Crippen LogP contribution is -2.56. The summed E-state index contributed by atoms with van der Waals surface area (Å²) in [6, 6.07) is 13.8. The Balaban J connectivity index is 1.60. The molecule has 8 nitrogen and oxygen atoms in total. The van der Waals surface area contributed by atoms with Gasteiger partial charge in [0.1, 0.15) is 0 Å². The van der Waals surface area contributed by atoms with E-state index in [0.717, 1.165) is 11.1 Å². The highest BCUT2D eigenvalue weighted by molar-refractivity contribution is 6.33. The number of carbonyl (C=O) groups excluding carboxylic acids is 3. The Bertz CT molecular complexity index is 1210. The molecule has 1 fully saturated rings. The minimum Gasteiger partial charge on any atom is -0.463 e. The third-order valence-corrected chi connectivity index (χ3v) is 7.26. The first-order valence-corrected chi connectivity index (χ1v) is 12.9. The van der Waals surface area contributed by atoms with E-state index in [0.29, 0.717) is 48.0 Å². The van der Waals surface area contributed by atoms with Gasteiger partial charge in [0, 0.05) is 45.0 Å². The van der Waals surface area contributed by atoms with E-state index in [1.807, 2.05) is 43.0 Å². The Morgan fingerprint density at radius 2 is 1.81 bits per heavy atom. The van der Waals surface area contributed by atoms with Crippen LogP contribution in [0.2, 0.25) is 5.02 Å². The fraction of sp³-hybridized carbons (Fsp3) is 0.393. The first kappa shape index (κ1) is 26.7. The number of likely N-dealkylation sites (N-methyl/N-ethyl adjacent to an activating group) is 1. The van der Waals surface area contributed by atoms with Crippen molar-refractivity contribution in [2.75, 3.05) is 39.8 Å². The summed E-state index contributed by atoms with van der Waals surface area (Å²) in [5.74, 6) is -0.548. The van der Waals surface area contributed by atoms with Crippen molar-refractivity contribution in [2.24, 2.45) is 0 Å². The van der Waals surface area contributed by atoms with Gasteiger partial charge in [0.25, 0.3) is 5.91 Å². The molecule has 196 valence electrons. The van der Waals surface area contributed by atoms with Gasteiger partial charge in [-0.05, 0) is 38.5 Å². The zero-order valence-corrected chi connectivity index (χ0v) is 22.4. The summed E-state index contributed by atoms with van der Waals surface area (Å²) in [6.07, 6.45) is 0. The summed E-state index contributed by atoms with van der Waals surface area (Å²) in [5, 5.41) is 3.39. The summed E-state index contributed by atoms with van der Waals surface area (Å²) in [6.45, 7) is 8.03. The molecule has 1 saturated heterocycles. The highest BCUT2D eigenvalue weighted by Crippen LogP contribution is 2.32. The molecule has 2 aliphatic rings. The fourth-order valence-electron chi connectivity index (χ4n) is 4.89. The van der Waals surface area contributed by atoms with Gasteiger partial charge in [-0.2, -0.15) is 0 Å². The van der Waals surface area contributed by atoms with Crippen molar-refractivity contribution in [2.45, 2.75) is 32.9 Å². The lowest BCUT2D eigenvalue weighted by atomic mass is 9.93. The SMILES string of the molecule is CCOC(=O)C1=C(CN2CCN(C(=O)c3ccccc3Cl)C(C)C2)N(C)C(=O)NC1c1ccc(C)cc1. The number of nitrogens with zero attached hydrogens (tertiary/aromatic N) is 3. The van der Waals surface area contributed by atoms with Crippen molar-refractivity contribution in [3.05, 3.63) is 81.5 Å². The molecule has 9 heteroatoms. The topological polar surface area (TPSA) is 82.2 Å². The number of esters is 1. The molecule has 2 unspecified atom stereocenters. The summed E-state index contributed by atoms with van der Waals surface area (Å²) < 4.78 is 5.43. The molecule has 0 aromatic heterocycles. The van der Waals surface area contributed by atoms with Crippen molar-refractivity contribution in [1.82, 2.24) is 20.0 Å². The minimum atomic E-state index is -0.612. The van der Waals surface area contributed by atoms with Gasteiger partial charge >= 0.3 is 12.0 Å². The van der Waals surface area contributed by atoms with Crippen LogP contribution in [-0.2, 0) is 9.53 Å². The number of hydrogen-bond donors (Lipinski definition) is 1. The van der Waals surface area contributed by atoms with Gasteiger partial charge < -0.3 is 15.0 Å². The molecular weight excluding hydrogens is 492 g/mol. The molecular formula is C28H33ClN4O4. The van der Waals surface area contributed by atoms with Crippen LogP contribution in [-0.4, -0.2) is 78.5 Å². The molecule has 0 bridgehead atoms. The number of hydrogen-bond acceptors (Lipinski definition) is 5. The van der Waals surface area contributed by atoms with E-state index in [-0.39, 0.29) is 24.6 Å². The lowest BCUT2D eigenvalue weighted by Gasteiger charge is -2.42. The minimum absolute atomic E-state index is 0.0835. The smallest absolute Gasteiger partial charge is 0.338 e. The second kappa shape index (κ2) is 11.4. The summed E-state index contributed by atoms with van der Waals surface area (Å²) in [4.78, 5) is 44.8. The van der Waals surface area contributed by atoms with Crippen molar-refractivity contribution in [3.8, 4) is 0 Å². The van der Waals surface area contributed by atoms with Crippen molar-refractivity contribution < 1.29 is 19.1 Å². The van der Waals surface area contributed by atoms with Crippen molar-refractivity contribution in [3.63, 3.8) is 0 Å². The maximum absolute atomic E-state index is 13.2. The van der Waals surface area contributed by atoms with Crippen LogP contribution in [0.5, 0.6) is 0 Å². The molecule has 0 saturated carbocycles. The maximum Gasteiger partial charge on any atom is 0.338 e. The Morgan fingerprint density at radius 1 is 1.11 bits per heavy atom. The third-order valence-electron chi connectivity index (χ3n) is 6.93. The molecule has 37 heavy (non-hydrogen) atoms. The van der Waals surface area contributed by atoms with Gasteiger partial charge in [-0.3, -0.25) is 14.6 Å². The van der Waals surface area contributed by atoms with Crippen molar-refractivity contribution >= 4 is 29.5 Å². The molecule has 2 atom stereocenters. The van der Waals surface area contributed by atoms with Crippen molar-refractivity contribution in [1.29, 1.82) is 0 Å². The van der Waals surface area contributed by atoms with Gasteiger partial charge in [0.2, 0.25) is 0 Å². The summed E-state index contributed by atoms with van der Waals surface area (Å²) in [5.41, 5.74) is 3.42. The van der Waals surface area contributed by atoms with Crippen LogP contribution in [0.4, 0.5) is 4.79 Å². The Hall–Kier alpha value is -3.36. The first-order chi connectivity index (χ1) is 17.7. The Kier molecular flexibility index (Phi) is 8.19. The van der Waals surface area contributed by atoms with Gasteiger partial charge in [-0.1, -0.05) is 53.6 Å². The molecule has 1 N–H and O–H groups in total. The molecule has 2 heterocycles. The number of aryl methyl sites for hydroxylation is 1. The van der Waals surface area contributed by atoms with E-state index >= 15 is 0 Å². The number of piperazine rings is 1. The Labute approximate surface area is 222 Å². The quantitative estimate of drug-likeness (QED) is 0.577. The highest BCUT2D eigenvalue weighted by Gasteiger charge is 2.38. The van der Waals surface area contributed by atoms with Gasteiger partial charge in [-0.15, -0.1) is 0 Å². The molecule has 4 rings (SSSR count). The number of amides is 3. The van der Waals surface area contributed by atoms with Crippen LogP contribution in [0.1, 0.15) is 41.4 Å². The lowest BCUT2D eigenvalue weighted by molar-refractivity contribution is -0.139. The number of carbonyl (C=O) groups is 3. The molecule has 2 aromatic rings. The zero-order chi connectivity index (χ0) is 26.7. The monoisotopic (exact) mass is 524 g/mol. The van der Waals surface area contributed by atoms with E-state index < -0.39 is 12.0 Å². The average molecular weight is 525 g/mol. The number of nitrogens with one attached hydrogen (secondary N) is 1. The number of urea groups is 1. The second-order valence-electron chi connectivity index (χ2n) is 9.50. The first-order valence-electron chi connectivity index (χ1n) is 12.5. The standard InChI is InChI=1S/C28H33ClN4O4/c1-5-37-27(35)24-23(31(4)28(36)30-25(24)20-12-10-18(2)11-13-20)17-32-14-15-33(19(3)16-32)26(34)21-8-6-7-9-22(21)29/h6-13,19,25H,5,14-17H2,1-4H3,(H,30,36). The molecule has 0 spiro atoms. The predicted octanol–water partition coefficient (Wildman–Crippen LogP) is 4.01. The van der Waals surface area contributed by atoms with E-state index in [4.69, 9.17) is 16.3 Å². The number of ether oxygens (including phenoxy) is 1. The average Bonchev–Trinajstić information content (AvgIpc) is 2.87. The van der Waals surface area contributed by atoms with E-state index in [1.165, 1.54) is 4.90 Å². The maximum atomic E-state index is 13.2. The van der Waals surface area contributed by atoms with E-state index in [2.05, 4.69) is 10.2 Å². The van der Waals surface area contributed by atoms with Gasteiger partial charge in [0.15, 0.2) is 0 Å².